The summed E-state index contributed by atoms with van der Waals surface area (Å²) in [5.41, 5.74) is 5.09. The molecular weight excluding hydrogens is 217 g/mol. The first-order chi connectivity index (χ1) is 6.22. The molecule has 0 spiro atoms. The van der Waals surface area contributed by atoms with E-state index in [9.17, 15) is 14.2 Å². The molecular formula is C5H10NO7P. The Morgan fingerprint density at radius 2 is 1.93 bits per heavy atom. The summed E-state index contributed by atoms with van der Waals surface area (Å²) in [4.78, 5) is 37.2. The molecule has 0 unspecified atom stereocenters. The topological polar surface area (TPSA) is 147 Å². The average molecular weight is 227 g/mol. The number of carbonyl (C=O) groups is 2. The molecule has 0 aliphatic heterocycles. The molecule has 8 nitrogen and oxygen atoms in total. The van der Waals surface area contributed by atoms with Gasteiger partial charge in [-0.3, -0.25) is 14.6 Å². The molecule has 0 radical (unpaired) electrons. The highest BCUT2D eigenvalue weighted by Gasteiger charge is 2.25. The summed E-state index contributed by atoms with van der Waals surface area (Å²) >= 11 is 0. The lowest BCUT2D eigenvalue weighted by molar-refractivity contribution is -0.138. The summed E-state index contributed by atoms with van der Waals surface area (Å²) in [6.07, 6.45) is -0.619. The standard InChI is InChI=1S/C5H10NO7P/c6-3(1-2-4(7)8)5(9)13-14(10,11)12/h3H,1-2,6H2,(H,7,8)(H2,10,11,12)/t3-/m1/s1. The van der Waals surface area contributed by atoms with Gasteiger partial charge >= 0.3 is 19.8 Å². The van der Waals surface area contributed by atoms with Gasteiger partial charge in [0.05, 0.1) is 0 Å². The predicted octanol–water partition coefficient (Wildman–Crippen LogP) is -1.19. The highest BCUT2D eigenvalue weighted by Crippen LogP contribution is 2.36. The number of carbonyl (C=O) groups excluding carboxylic acids is 1. The lowest BCUT2D eigenvalue weighted by atomic mass is 10.2. The molecule has 9 heteroatoms. The fraction of sp³-hybridized carbons (Fsp3) is 0.600. The van der Waals surface area contributed by atoms with Gasteiger partial charge in [-0.05, 0) is 6.42 Å². The minimum Gasteiger partial charge on any atom is -0.481 e. The first kappa shape index (κ1) is 13.1. The minimum absolute atomic E-state index is 0.242. The Kier molecular flexibility index (Phi) is 4.72. The van der Waals surface area contributed by atoms with Crippen molar-refractivity contribution in [2.75, 3.05) is 0 Å². The van der Waals surface area contributed by atoms with E-state index in [1.165, 1.54) is 0 Å². The van der Waals surface area contributed by atoms with Crippen LogP contribution in [0.5, 0.6) is 0 Å². The zero-order valence-electron chi connectivity index (χ0n) is 6.99. The van der Waals surface area contributed by atoms with Crippen molar-refractivity contribution in [1.29, 1.82) is 0 Å². The normalized spacial score (nSPS) is 13.4. The van der Waals surface area contributed by atoms with Crippen LogP contribution in [0.4, 0.5) is 0 Å². The van der Waals surface area contributed by atoms with E-state index in [2.05, 4.69) is 4.52 Å². The van der Waals surface area contributed by atoms with Gasteiger partial charge in [0.15, 0.2) is 0 Å². The summed E-state index contributed by atoms with van der Waals surface area (Å²) in [6.45, 7) is 0. The van der Waals surface area contributed by atoms with Crippen LogP contribution in [0.25, 0.3) is 0 Å². The van der Waals surface area contributed by atoms with Gasteiger partial charge in [0, 0.05) is 6.42 Å². The van der Waals surface area contributed by atoms with Crippen LogP contribution in [0.15, 0.2) is 0 Å². The van der Waals surface area contributed by atoms with Crippen LogP contribution < -0.4 is 5.73 Å². The molecule has 1 atom stereocenters. The van der Waals surface area contributed by atoms with Crippen molar-refractivity contribution >= 4 is 19.8 Å². The van der Waals surface area contributed by atoms with E-state index in [4.69, 9.17) is 20.6 Å². The molecule has 0 saturated heterocycles. The third kappa shape index (κ3) is 6.55. The Bertz CT molecular complexity index is 271. The number of nitrogens with two attached hydrogens (primary N) is 1. The maximum Gasteiger partial charge on any atom is 0.527 e. The SMILES string of the molecule is N[C@H](CCC(=O)O)C(=O)OP(=O)(O)O. The summed E-state index contributed by atoms with van der Waals surface area (Å²) in [6, 6.07) is -1.35. The molecule has 0 aromatic heterocycles. The first-order valence-electron chi connectivity index (χ1n) is 3.48. The van der Waals surface area contributed by atoms with Crippen molar-refractivity contribution in [1.82, 2.24) is 0 Å². The Hall–Kier alpha value is -0.950. The summed E-state index contributed by atoms with van der Waals surface area (Å²) in [5, 5.41) is 8.22. The van der Waals surface area contributed by atoms with Crippen molar-refractivity contribution in [3.8, 4) is 0 Å². The van der Waals surface area contributed by atoms with Crippen LogP contribution in [-0.2, 0) is 18.7 Å². The van der Waals surface area contributed by atoms with E-state index in [0.29, 0.717) is 0 Å². The van der Waals surface area contributed by atoms with E-state index < -0.39 is 25.8 Å². The molecule has 0 fully saturated rings. The minimum atomic E-state index is -4.90. The predicted molar refractivity (Wildman–Crippen MR) is 43.0 cm³/mol. The van der Waals surface area contributed by atoms with Gasteiger partial charge in [-0.1, -0.05) is 0 Å². The number of carboxylic acid groups (broad SMARTS) is 1. The largest absolute Gasteiger partial charge is 0.527 e. The number of phosphoric ester groups is 1. The van der Waals surface area contributed by atoms with Gasteiger partial charge in [0.1, 0.15) is 6.04 Å². The molecule has 0 aliphatic carbocycles. The van der Waals surface area contributed by atoms with E-state index in [-0.39, 0.29) is 12.8 Å². The molecule has 0 bridgehead atoms. The second-order valence-electron chi connectivity index (χ2n) is 2.44. The average Bonchev–Trinajstić information content (AvgIpc) is 1.96. The highest BCUT2D eigenvalue weighted by molar-refractivity contribution is 7.46. The van der Waals surface area contributed by atoms with Crippen molar-refractivity contribution in [3.05, 3.63) is 0 Å². The van der Waals surface area contributed by atoms with Gasteiger partial charge < -0.3 is 15.4 Å². The van der Waals surface area contributed by atoms with Crippen molar-refractivity contribution in [3.63, 3.8) is 0 Å². The van der Waals surface area contributed by atoms with Crippen LogP contribution in [0.2, 0.25) is 0 Å². The molecule has 14 heavy (non-hydrogen) atoms. The van der Waals surface area contributed by atoms with E-state index in [0.717, 1.165) is 0 Å². The Labute approximate surface area is 78.9 Å². The molecule has 0 amide bonds. The first-order valence-corrected chi connectivity index (χ1v) is 5.02. The Balaban J connectivity index is 4.01. The van der Waals surface area contributed by atoms with Crippen molar-refractivity contribution in [2.45, 2.75) is 18.9 Å². The van der Waals surface area contributed by atoms with Crippen LogP contribution in [0.1, 0.15) is 12.8 Å². The number of phosphoric acid groups is 1. The van der Waals surface area contributed by atoms with Crippen molar-refractivity contribution < 1.29 is 33.6 Å². The quantitative estimate of drug-likeness (QED) is 0.428. The van der Waals surface area contributed by atoms with Gasteiger partial charge in [-0.25, -0.2) is 9.36 Å². The summed E-state index contributed by atoms with van der Waals surface area (Å²) in [7, 11) is -4.90. The molecule has 0 heterocycles. The maximum atomic E-state index is 10.7. The molecule has 0 saturated carbocycles. The lowest BCUT2D eigenvalue weighted by Gasteiger charge is -2.10. The monoisotopic (exact) mass is 227 g/mol. The third-order valence-corrected chi connectivity index (χ3v) is 1.60. The van der Waals surface area contributed by atoms with E-state index >= 15 is 0 Å². The molecule has 0 aliphatic rings. The van der Waals surface area contributed by atoms with Crippen molar-refractivity contribution in [2.24, 2.45) is 5.73 Å². The van der Waals surface area contributed by atoms with Crippen LogP contribution >= 0.6 is 7.82 Å². The fourth-order valence-corrected chi connectivity index (χ4v) is 0.952. The third-order valence-electron chi connectivity index (χ3n) is 1.18. The molecule has 0 aromatic rings. The zero-order valence-corrected chi connectivity index (χ0v) is 7.89. The second-order valence-corrected chi connectivity index (χ2v) is 3.60. The lowest BCUT2D eigenvalue weighted by Crippen LogP contribution is -2.32. The van der Waals surface area contributed by atoms with E-state index in [1.54, 1.807) is 0 Å². The maximum absolute atomic E-state index is 10.7. The highest BCUT2D eigenvalue weighted by atomic mass is 31.2. The van der Waals surface area contributed by atoms with Gasteiger partial charge in [0.2, 0.25) is 0 Å². The summed E-state index contributed by atoms with van der Waals surface area (Å²) in [5.74, 6) is -2.48. The Morgan fingerprint density at radius 1 is 1.43 bits per heavy atom. The van der Waals surface area contributed by atoms with Gasteiger partial charge in [-0.15, -0.1) is 0 Å². The number of aliphatic carboxylic acids is 1. The number of carboxylic acids is 1. The summed E-state index contributed by atoms with van der Waals surface area (Å²) < 4.78 is 13.8. The van der Waals surface area contributed by atoms with Crippen LogP contribution in [0.3, 0.4) is 0 Å². The zero-order chi connectivity index (χ0) is 11.4. The van der Waals surface area contributed by atoms with Gasteiger partial charge in [0.25, 0.3) is 0 Å². The van der Waals surface area contributed by atoms with Crippen LogP contribution in [0, 0.1) is 0 Å². The molecule has 5 N–H and O–H groups in total. The second kappa shape index (κ2) is 5.06. The Morgan fingerprint density at radius 3 is 2.29 bits per heavy atom. The van der Waals surface area contributed by atoms with Crippen LogP contribution in [-0.4, -0.2) is 32.9 Å². The van der Waals surface area contributed by atoms with Gasteiger partial charge in [-0.2, -0.15) is 0 Å². The fourth-order valence-electron chi connectivity index (χ4n) is 0.582. The molecule has 0 rings (SSSR count). The molecule has 0 aromatic carbocycles. The smallest absolute Gasteiger partial charge is 0.481 e. The van der Waals surface area contributed by atoms with E-state index in [1.807, 2.05) is 0 Å². The number of hydrogen-bond acceptors (Lipinski definition) is 5. The molecule has 82 valence electrons. The number of rotatable bonds is 5. The number of hydrogen-bond donors (Lipinski definition) is 4.